The molecule has 0 radical (unpaired) electrons. The van der Waals surface area contributed by atoms with Gasteiger partial charge < -0.3 is 10.1 Å². The number of hydrogen-bond donors (Lipinski definition) is 1. The molecule has 1 aromatic heterocycles. The third kappa shape index (κ3) is 5.03. The van der Waals surface area contributed by atoms with Crippen molar-refractivity contribution < 1.29 is 9.53 Å². The summed E-state index contributed by atoms with van der Waals surface area (Å²) in [5.41, 5.74) is 1.99. The van der Waals surface area contributed by atoms with Gasteiger partial charge in [0.15, 0.2) is 0 Å². The Morgan fingerprint density at radius 2 is 2.08 bits per heavy atom. The standard InChI is InChI=1S/C20H25N3O2/c1-16(24)21-15-17-7-5-10-19(22-17)20-11-6-12-23(20)13-14-25-18-8-3-2-4-9-18/h2-5,7-10,20H,6,11-15H2,1H3,(H,21,24)/t20-/m0/s1. The molecule has 0 saturated carbocycles. The van der Waals surface area contributed by atoms with Crippen LogP contribution in [0.4, 0.5) is 0 Å². The van der Waals surface area contributed by atoms with Crippen LogP contribution < -0.4 is 10.1 Å². The zero-order valence-corrected chi connectivity index (χ0v) is 14.6. The number of benzene rings is 1. The summed E-state index contributed by atoms with van der Waals surface area (Å²) >= 11 is 0. The lowest BCUT2D eigenvalue weighted by atomic mass is 10.1. The zero-order valence-electron chi connectivity index (χ0n) is 14.6. The zero-order chi connectivity index (χ0) is 17.5. The number of carbonyl (C=O) groups excluding carboxylic acids is 1. The maximum Gasteiger partial charge on any atom is 0.217 e. The number of likely N-dealkylation sites (tertiary alicyclic amines) is 1. The van der Waals surface area contributed by atoms with Crippen LogP contribution in [0, 0.1) is 0 Å². The van der Waals surface area contributed by atoms with Gasteiger partial charge in [0.2, 0.25) is 5.91 Å². The number of pyridine rings is 1. The number of hydrogen-bond acceptors (Lipinski definition) is 4. The second kappa shape index (κ2) is 8.62. The summed E-state index contributed by atoms with van der Waals surface area (Å²) < 4.78 is 5.83. The lowest BCUT2D eigenvalue weighted by Gasteiger charge is -2.24. The van der Waals surface area contributed by atoms with E-state index in [0.717, 1.165) is 36.6 Å². The molecule has 5 nitrogen and oxygen atoms in total. The highest BCUT2D eigenvalue weighted by Crippen LogP contribution is 2.30. The van der Waals surface area contributed by atoms with Crippen molar-refractivity contribution in [2.75, 3.05) is 19.7 Å². The van der Waals surface area contributed by atoms with Gasteiger partial charge in [-0.05, 0) is 43.7 Å². The van der Waals surface area contributed by atoms with Crippen molar-refractivity contribution in [3.63, 3.8) is 0 Å². The molecule has 1 fully saturated rings. The van der Waals surface area contributed by atoms with Crippen molar-refractivity contribution in [3.05, 3.63) is 59.9 Å². The Kier molecular flexibility index (Phi) is 6.01. The van der Waals surface area contributed by atoms with Gasteiger partial charge in [0, 0.05) is 13.5 Å². The van der Waals surface area contributed by atoms with E-state index in [-0.39, 0.29) is 5.91 Å². The third-order valence-electron chi connectivity index (χ3n) is 4.44. The van der Waals surface area contributed by atoms with Gasteiger partial charge in [0.1, 0.15) is 12.4 Å². The van der Waals surface area contributed by atoms with Crippen molar-refractivity contribution in [1.82, 2.24) is 15.2 Å². The molecule has 5 heteroatoms. The molecule has 1 aromatic carbocycles. The van der Waals surface area contributed by atoms with E-state index in [1.165, 1.54) is 13.3 Å². The van der Waals surface area contributed by atoms with Gasteiger partial charge in [-0.2, -0.15) is 0 Å². The summed E-state index contributed by atoms with van der Waals surface area (Å²) in [5.74, 6) is 0.876. The van der Waals surface area contributed by atoms with Gasteiger partial charge in [-0.3, -0.25) is 14.7 Å². The number of aromatic nitrogens is 1. The van der Waals surface area contributed by atoms with Crippen LogP contribution in [0.3, 0.4) is 0 Å². The SMILES string of the molecule is CC(=O)NCc1cccc([C@@H]2CCCN2CCOc2ccccc2)n1. The molecule has 0 bridgehead atoms. The summed E-state index contributed by atoms with van der Waals surface area (Å²) in [7, 11) is 0. The van der Waals surface area contributed by atoms with Crippen molar-refractivity contribution >= 4 is 5.91 Å². The van der Waals surface area contributed by atoms with Crippen LogP contribution in [-0.4, -0.2) is 35.5 Å². The number of nitrogens with one attached hydrogen (secondary N) is 1. The van der Waals surface area contributed by atoms with Crippen LogP contribution in [0.2, 0.25) is 0 Å². The van der Waals surface area contributed by atoms with E-state index in [2.05, 4.69) is 16.3 Å². The highest BCUT2D eigenvalue weighted by Gasteiger charge is 2.26. The molecule has 1 aliphatic heterocycles. The minimum Gasteiger partial charge on any atom is -0.492 e. The van der Waals surface area contributed by atoms with Crippen molar-refractivity contribution in [1.29, 1.82) is 0 Å². The Morgan fingerprint density at radius 3 is 2.88 bits per heavy atom. The van der Waals surface area contributed by atoms with Crippen molar-refractivity contribution in [2.24, 2.45) is 0 Å². The predicted molar refractivity (Wildman–Crippen MR) is 97.2 cm³/mol. The Morgan fingerprint density at radius 1 is 1.24 bits per heavy atom. The van der Waals surface area contributed by atoms with Crippen LogP contribution in [-0.2, 0) is 11.3 Å². The number of ether oxygens (including phenoxy) is 1. The third-order valence-corrected chi connectivity index (χ3v) is 4.44. The van der Waals surface area contributed by atoms with E-state index in [4.69, 9.17) is 9.72 Å². The quantitative estimate of drug-likeness (QED) is 0.843. The van der Waals surface area contributed by atoms with Gasteiger partial charge in [-0.1, -0.05) is 24.3 Å². The van der Waals surface area contributed by atoms with Crippen LogP contribution >= 0.6 is 0 Å². The van der Waals surface area contributed by atoms with Gasteiger partial charge in [0.25, 0.3) is 0 Å². The lowest BCUT2D eigenvalue weighted by Crippen LogP contribution is -2.29. The first-order valence-corrected chi connectivity index (χ1v) is 8.84. The first-order valence-electron chi connectivity index (χ1n) is 8.84. The minimum atomic E-state index is -0.0345. The first kappa shape index (κ1) is 17.4. The normalized spacial score (nSPS) is 17.4. The molecule has 0 aliphatic carbocycles. The van der Waals surface area contributed by atoms with E-state index >= 15 is 0 Å². The molecular formula is C20H25N3O2. The largest absolute Gasteiger partial charge is 0.492 e. The van der Waals surface area contributed by atoms with E-state index in [9.17, 15) is 4.79 Å². The van der Waals surface area contributed by atoms with Gasteiger partial charge >= 0.3 is 0 Å². The number of nitrogens with zero attached hydrogens (tertiary/aromatic N) is 2. The average molecular weight is 339 g/mol. The molecule has 1 saturated heterocycles. The molecule has 2 aromatic rings. The highest BCUT2D eigenvalue weighted by atomic mass is 16.5. The van der Waals surface area contributed by atoms with Crippen LogP contribution in [0.25, 0.3) is 0 Å². The number of rotatable bonds is 7. The van der Waals surface area contributed by atoms with Gasteiger partial charge in [-0.25, -0.2) is 0 Å². The van der Waals surface area contributed by atoms with E-state index in [1.807, 2.05) is 42.5 Å². The number of carbonyl (C=O) groups is 1. The van der Waals surface area contributed by atoms with Gasteiger partial charge in [0.05, 0.1) is 24.0 Å². The fourth-order valence-electron chi connectivity index (χ4n) is 3.22. The molecule has 1 N–H and O–H groups in total. The Bertz CT molecular complexity index is 690. The van der Waals surface area contributed by atoms with Crippen LogP contribution in [0.15, 0.2) is 48.5 Å². The molecule has 3 rings (SSSR count). The molecule has 1 atom stereocenters. The Balaban J connectivity index is 1.57. The first-order chi connectivity index (χ1) is 12.2. The Labute approximate surface area is 149 Å². The summed E-state index contributed by atoms with van der Waals surface area (Å²) in [6.07, 6.45) is 2.29. The summed E-state index contributed by atoms with van der Waals surface area (Å²) in [4.78, 5) is 18.3. The highest BCUT2D eigenvalue weighted by molar-refractivity contribution is 5.72. The van der Waals surface area contributed by atoms with E-state index in [0.29, 0.717) is 19.2 Å². The van der Waals surface area contributed by atoms with Crippen molar-refractivity contribution in [2.45, 2.75) is 32.4 Å². The van der Waals surface area contributed by atoms with Crippen LogP contribution in [0.5, 0.6) is 5.75 Å². The topological polar surface area (TPSA) is 54.5 Å². The molecule has 1 aliphatic rings. The second-order valence-electron chi connectivity index (χ2n) is 6.32. The van der Waals surface area contributed by atoms with E-state index < -0.39 is 0 Å². The average Bonchev–Trinajstić information content (AvgIpc) is 3.10. The molecule has 1 amide bonds. The smallest absolute Gasteiger partial charge is 0.217 e. The van der Waals surface area contributed by atoms with E-state index in [1.54, 1.807) is 0 Å². The van der Waals surface area contributed by atoms with Crippen molar-refractivity contribution in [3.8, 4) is 5.75 Å². The molecule has 0 unspecified atom stereocenters. The summed E-state index contributed by atoms with van der Waals surface area (Å²) in [6, 6.07) is 16.3. The molecule has 25 heavy (non-hydrogen) atoms. The summed E-state index contributed by atoms with van der Waals surface area (Å²) in [6.45, 7) is 4.63. The maximum absolute atomic E-state index is 11.1. The van der Waals surface area contributed by atoms with Gasteiger partial charge in [-0.15, -0.1) is 0 Å². The Hall–Kier alpha value is -2.40. The molecule has 2 heterocycles. The fraction of sp³-hybridized carbons (Fsp3) is 0.400. The number of para-hydroxylation sites is 1. The lowest BCUT2D eigenvalue weighted by molar-refractivity contribution is -0.119. The molecular weight excluding hydrogens is 314 g/mol. The molecule has 132 valence electrons. The van der Waals surface area contributed by atoms with Crippen LogP contribution in [0.1, 0.15) is 37.2 Å². The minimum absolute atomic E-state index is 0.0345. The summed E-state index contributed by atoms with van der Waals surface area (Å²) in [5, 5.41) is 2.81. The molecule has 0 spiro atoms. The number of amides is 1. The second-order valence-corrected chi connectivity index (χ2v) is 6.32. The predicted octanol–water partition coefficient (Wildman–Crippen LogP) is 2.93. The monoisotopic (exact) mass is 339 g/mol. The fourth-order valence-corrected chi connectivity index (χ4v) is 3.22. The maximum atomic E-state index is 11.1.